The van der Waals surface area contributed by atoms with Crippen LogP contribution < -0.4 is 0 Å². The summed E-state index contributed by atoms with van der Waals surface area (Å²) < 4.78 is 1.75. The topological polar surface area (TPSA) is 68.0 Å². The van der Waals surface area contributed by atoms with Gasteiger partial charge < -0.3 is 5.11 Å². The van der Waals surface area contributed by atoms with Gasteiger partial charge in [-0.3, -0.25) is 9.48 Å². The summed E-state index contributed by atoms with van der Waals surface area (Å²) in [6.07, 6.45) is 3.01. The summed E-state index contributed by atoms with van der Waals surface area (Å²) in [5.74, 6) is -0.0460. The van der Waals surface area contributed by atoms with Gasteiger partial charge in [0, 0.05) is 13.0 Å². The largest absolute Gasteiger partial charge is 0.481 e. The molecule has 0 aromatic carbocycles. The first-order chi connectivity index (χ1) is 6.24. The van der Waals surface area contributed by atoms with Crippen molar-refractivity contribution in [3.05, 3.63) is 12.2 Å². The van der Waals surface area contributed by atoms with Crippen LogP contribution in [-0.2, 0) is 17.8 Å². The second-order valence-corrected chi connectivity index (χ2v) is 2.79. The summed E-state index contributed by atoms with van der Waals surface area (Å²) in [6.45, 7) is 2.84. The van der Waals surface area contributed by atoms with Crippen LogP contribution in [0, 0.1) is 0 Å². The summed E-state index contributed by atoms with van der Waals surface area (Å²) >= 11 is 0. The Morgan fingerprint density at radius 1 is 1.69 bits per heavy atom. The minimum absolute atomic E-state index is 0.113. The molecule has 0 aliphatic heterocycles. The number of carboxylic acids is 1. The van der Waals surface area contributed by atoms with Gasteiger partial charge in [-0.05, 0) is 6.42 Å². The van der Waals surface area contributed by atoms with Crippen molar-refractivity contribution in [1.29, 1.82) is 0 Å². The Kier molecular flexibility index (Phi) is 3.42. The molecule has 5 nitrogen and oxygen atoms in total. The van der Waals surface area contributed by atoms with Gasteiger partial charge in [-0.1, -0.05) is 6.92 Å². The predicted octanol–water partition coefficient (Wildman–Crippen LogP) is 0.705. The van der Waals surface area contributed by atoms with Crippen molar-refractivity contribution in [2.75, 3.05) is 0 Å². The molecule has 5 heteroatoms. The molecule has 13 heavy (non-hydrogen) atoms. The Morgan fingerprint density at radius 2 is 2.46 bits per heavy atom. The van der Waals surface area contributed by atoms with Gasteiger partial charge in [0.1, 0.15) is 12.2 Å². The van der Waals surface area contributed by atoms with Gasteiger partial charge >= 0.3 is 5.97 Å². The van der Waals surface area contributed by atoms with Crippen LogP contribution in [0.5, 0.6) is 0 Å². The predicted molar refractivity (Wildman–Crippen MR) is 46.3 cm³/mol. The number of aromatic nitrogens is 3. The van der Waals surface area contributed by atoms with Gasteiger partial charge in [-0.2, -0.15) is 5.10 Å². The molecule has 72 valence electrons. The lowest BCUT2D eigenvalue weighted by Crippen LogP contribution is -2.07. The van der Waals surface area contributed by atoms with E-state index in [1.165, 1.54) is 6.33 Å². The van der Waals surface area contributed by atoms with Crippen LogP contribution in [-0.4, -0.2) is 25.8 Å². The molecule has 0 saturated heterocycles. The average molecular weight is 183 g/mol. The molecular formula is C8H13N3O2. The Labute approximate surface area is 76.4 Å². The van der Waals surface area contributed by atoms with Crippen molar-refractivity contribution >= 4 is 5.97 Å². The fourth-order valence-corrected chi connectivity index (χ4v) is 1.10. The average Bonchev–Trinajstić information content (AvgIpc) is 2.49. The van der Waals surface area contributed by atoms with E-state index >= 15 is 0 Å². The minimum atomic E-state index is -0.800. The van der Waals surface area contributed by atoms with Crippen molar-refractivity contribution in [3.8, 4) is 0 Å². The molecule has 1 aromatic heterocycles. The van der Waals surface area contributed by atoms with Crippen molar-refractivity contribution in [3.63, 3.8) is 0 Å². The number of carboxylic acid groups (broad SMARTS) is 1. The molecule has 0 unspecified atom stereocenters. The van der Waals surface area contributed by atoms with Crippen LogP contribution >= 0.6 is 0 Å². The number of hydrogen-bond donors (Lipinski definition) is 1. The number of rotatable bonds is 5. The van der Waals surface area contributed by atoms with Crippen molar-refractivity contribution in [2.45, 2.75) is 32.7 Å². The maximum atomic E-state index is 10.3. The standard InChI is InChI=1S/C8H13N3O2/c1-2-5-11-7(9-6-10-11)3-4-8(12)13/h6H,2-5H2,1H3,(H,12,13). The van der Waals surface area contributed by atoms with Gasteiger partial charge in [0.2, 0.25) is 0 Å². The normalized spacial score (nSPS) is 10.2. The van der Waals surface area contributed by atoms with Gasteiger partial charge in [0.25, 0.3) is 0 Å². The lowest BCUT2D eigenvalue weighted by Gasteiger charge is -2.01. The van der Waals surface area contributed by atoms with Gasteiger partial charge in [0.15, 0.2) is 0 Å². The first kappa shape index (κ1) is 9.70. The second kappa shape index (κ2) is 4.59. The Morgan fingerprint density at radius 3 is 3.08 bits per heavy atom. The monoisotopic (exact) mass is 183 g/mol. The highest BCUT2D eigenvalue weighted by Crippen LogP contribution is 1.99. The third-order valence-corrected chi connectivity index (χ3v) is 1.69. The highest BCUT2D eigenvalue weighted by atomic mass is 16.4. The zero-order chi connectivity index (χ0) is 9.68. The van der Waals surface area contributed by atoms with E-state index in [1.807, 2.05) is 6.92 Å². The van der Waals surface area contributed by atoms with E-state index in [1.54, 1.807) is 4.68 Å². The van der Waals surface area contributed by atoms with Crippen LogP contribution in [0.25, 0.3) is 0 Å². The number of hydrogen-bond acceptors (Lipinski definition) is 3. The smallest absolute Gasteiger partial charge is 0.303 e. The van der Waals surface area contributed by atoms with Crippen LogP contribution in [0.3, 0.4) is 0 Å². The van der Waals surface area contributed by atoms with E-state index < -0.39 is 5.97 Å². The fraction of sp³-hybridized carbons (Fsp3) is 0.625. The van der Waals surface area contributed by atoms with E-state index in [9.17, 15) is 4.79 Å². The Bertz CT molecular complexity index is 283. The number of nitrogens with zero attached hydrogens (tertiary/aromatic N) is 3. The Hall–Kier alpha value is -1.39. The lowest BCUT2D eigenvalue weighted by molar-refractivity contribution is -0.137. The summed E-state index contributed by atoms with van der Waals surface area (Å²) in [7, 11) is 0. The van der Waals surface area contributed by atoms with Gasteiger partial charge in [-0.15, -0.1) is 0 Å². The van der Waals surface area contributed by atoms with E-state index in [0.717, 1.165) is 18.8 Å². The lowest BCUT2D eigenvalue weighted by atomic mass is 10.3. The second-order valence-electron chi connectivity index (χ2n) is 2.79. The highest BCUT2D eigenvalue weighted by molar-refractivity contribution is 5.66. The quantitative estimate of drug-likeness (QED) is 0.729. The molecule has 1 rings (SSSR count). The molecular weight excluding hydrogens is 170 g/mol. The molecule has 0 atom stereocenters. The fourth-order valence-electron chi connectivity index (χ4n) is 1.10. The first-order valence-electron chi connectivity index (χ1n) is 4.32. The number of carbonyl (C=O) groups is 1. The third kappa shape index (κ3) is 2.85. The van der Waals surface area contributed by atoms with Gasteiger partial charge in [0.05, 0.1) is 6.42 Å². The van der Waals surface area contributed by atoms with E-state index in [0.29, 0.717) is 6.42 Å². The van der Waals surface area contributed by atoms with Crippen LogP contribution in [0.15, 0.2) is 6.33 Å². The molecule has 1 aromatic rings. The maximum Gasteiger partial charge on any atom is 0.303 e. The molecule has 0 spiro atoms. The minimum Gasteiger partial charge on any atom is -0.481 e. The summed E-state index contributed by atoms with van der Waals surface area (Å²) in [5.41, 5.74) is 0. The van der Waals surface area contributed by atoms with Gasteiger partial charge in [-0.25, -0.2) is 4.98 Å². The third-order valence-electron chi connectivity index (χ3n) is 1.69. The molecule has 0 amide bonds. The molecule has 0 saturated carbocycles. The van der Waals surface area contributed by atoms with E-state index in [-0.39, 0.29) is 6.42 Å². The molecule has 1 N–H and O–H groups in total. The van der Waals surface area contributed by atoms with Crippen LogP contribution in [0.4, 0.5) is 0 Å². The number of aryl methyl sites for hydroxylation is 2. The molecule has 1 heterocycles. The molecule has 0 aliphatic rings. The summed E-state index contributed by atoms with van der Waals surface area (Å²) in [4.78, 5) is 14.3. The van der Waals surface area contributed by atoms with E-state index in [4.69, 9.17) is 5.11 Å². The summed E-state index contributed by atoms with van der Waals surface area (Å²) in [5, 5.41) is 12.5. The summed E-state index contributed by atoms with van der Waals surface area (Å²) in [6, 6.07) is 0. The van der Waals surface area contributed by atoms with Crippen molar-refractivity contribution < 1.29 is 9.90 Å². The van der Waals surface area contributed by atoms with Crippen LogP contribution in [0.2, 0.25) is 0 Å². The maximum absolute atomic E-state index is 10.3. The SMILES string of the molecule is CCCn1ncnc1CCC(=O)O. The van der Waals surface area contributed by atoms with Crippen LogP contribution in [0.1, 0.15) is 25.6 Å². The molecule has 0 bridgehead atoms. The van der Waals surface area contributed by atoms with E-state index in [2.05, 4.69) is 10.1 Å². The molecule has 0 radical (unpaired) electrons. The molecule has 0 aliphatic carbocycles. The van der Waals surface area contributed by atoms with Crippen molar-refractivity contribution in [2.24, 2.45) is 0 Å². The molecule has 0 fully saturated rings. The zero-order valence-electron chi connectivity index (χ0n) is 7.60. The zero-order valence-corrected chi connectivity index (χ0v) is 7.60. The number of aliphatic carboxylic acids is 1. The highest BCUT2D eigenvalue weighted by Gasteiger charge is 2.05. The Balaban J connectivity index is 2.54. The van der Waals surface area contributed by atoms with Crippen molar-refractivity contribution in [1.82, 2.24) is 14.8 Å². The first-order valence-corrected chi connectivity index (χ1v) is 4.32.